The van der Waals surface area contributed by atoms with Crippen LogP contribution in [0.4, 0.5) is 0 Å². The van der Waals surface area contributed by atoms with E-state index >= 15 is 0 Å². The smallest absolute Gasteiger partial charge is 0.267 e. The number of fused-ring (bicyclic) bond motifs is 1. The minimum Gasteiger partial charge on any atom is -0.458 e. The third-order valence-corrected chi connectivity index (χ3v) is 1.53. The van der Waals surface area contributed by atoms with Crippen LogP contribution in [0.3, 0.4) is 0 Å². The Morgan fingerprint density at radius 2 is 2.00 bits per heavy atom. The van der Waals surface area contributed by atoms with Crippen molar-refractivity contribution in [2.45, 2.75) is 0 Å². The molecule has 2 heterocycles. The van der Waals surface area contributed by atoms with E-state index in [1.165, 1.54) is 24.8 Å². The van der Waals surface area contributed by atoms with Crippen molar-refractivity contribution in [1.29, 1.82) is 0 Å². The molecular formula is C8H6N2O3. The van der Waals surface area contributed by atoms with Gasteiger partial charge in [0, 0.05) is 6.07 Å². The van der Waals surface area contributed by atoms with Crippen LogP contribution in [0, 0.1) is 0 Å². The molecule has 1 aliphatic rings. The minimum atomic E-state index is -0.596. The van der Waals surface area contributed by atoms with Crippen molar-refractivity contribution in [2.75, 3.05) is 0 Å². The van der Waals surface area contributed by atoms with Gasteiger partial charge in [0.05, 0.1) is 6.20 Å². The van der Waals surface area contributed by atoms with Crippen molar-refractivity contribution in [3.8, 4) is 11.5 Å². The molecule has 1 aromatic rings. The summed E-state index contributed by atoms with van der Waals surface area (Å²) < 4.78 is 10.1. The molecule has 0 bridgehead atoms. The Kier molecular flexibility index (Phi) is 1.63. The molecular weight excluding hydrogens is 172 g/mol. The van der Waals surface area contributed by atoms with E-state index in [0.29, 0.717) is 11.5 Å². The van der Waals surface area contributed by atoms with Gasteiger partial charge in [0.1, 0.15) is 18.2 Å². The van der Waals surface area contributed by atoms with Crippen LogP contribution in [-0.4, -0.2) is 10.9 Å². The number of carbonyl (C=O) groups is 1. The second-order valence-corrected chi connectivity index (χ2v) is 2.39. The molecule has 0 saturated heterocycles. The summed E-state index contributed by atoms with van der Waals surface area (Å²) >= 11 is 0. The first-order chi connectivity index (χ1) is 6.27. The lowest BCUT2D eigenvalue weighted by Gasteiger charge is -2.11. The number of carbonyl (C=O) groups excluding carboxylic acids is 1. The molecule has 0 saturated carbocycles. The number of amides is 1. The highest BCUT2D eigenvalue weighted by atomic mass is 16.5. The van der Waals surface area contributed by atoms with E-state index in [1.807, 2.05) is 0 Å². The van der Waals surface area contributed by atoms with Gasteiger partial charge in [-0.05, 0) is 0 Å². The first kappa shape index (κ1) is 7.60. The van der Waals surface area contributed by atoms with Gasteiger partial charge in [-0.15, -0.1) is 0 Å². The standard InChI is InChI=1S/C8H6N2O3/c9-8(11)5-3-6-7(4-10-5)13-2-1-12-6/h1-4H,(H2,9,11). The molecule has 2 rings (SSSR count). The highest BCUT2D eigenvalue weighted by Gasteiger charge is 2.12. The van der Waals surface area contributed by atoms with Gasteiger partial charge >= 0.3 is 0 Å². The van der Waals surface area contributed by atoms with Crippen molar-refractivity contribution in [1.82, 2.24) is 4.98 Å². The number of hydrogen-bond donors (Lipinski definition) is 1. The molecule has 0 aromatic carbocycles. The maximum atomic E-state index is 10.7. The van der Waals surface area contributed by atoms with Crippen molar-refractivity contribution in [3.05, 3.63) is 30.5 Å². The van der Waals surface area contributed by atoms with Crippen LogP contribution in [0.1, 0.15) is 10.5 Å². The van der Waals surface area contributed by atoms with E-state index in [-0.39, 0.29) is 5.69 Å². The number of primary amides is 1. The summed E-state index contributed by atoms with van der Waals surface area (Å²) in [5.41, 5.74) is 5.18. The molecule has 1 aromatic heterocycles. The third kappa shape index (κ3) is 1.31. The Morgan fingerprint density at radius 1 is 1.31 bits per heavy atom. The second kappa shape index (κ2) is 2.78. The Morgan fingerprint density at radius 3 is 2.69 bits per heavy atom. The van der Waals surface area contributed by atoms with Crippen LogP contribution < -0.4 is 15.2 Å². The number of nitrogens with two attached hydrogens (primary N) is 1. The number of pyridine rings is 1. The van der Waals surface area contributed by atoms with E-state index in [4.69, 9.17) is 15.2 Å². The van der Waals surface area contributed by atoms with E-state index in [2.05, 4.69) is 4.98 Å². The van der Waals surface area contributed by atoms with E-state index < -0.39 is 5.91 Å². The fourth-order valence-corrected chi connectivity index (χ4v) is 0.942. The topological polar surface area (TPSA) is 74.4 Å². The molecule has 0 fully saturated rings. The Bertz CT molecular complexity index is 387. The van der Waals surface area contributed by atoms with Crippen molar-refractivity contribution in [2.24, 2.45) is 5.73 Å². The molecule has 0 spiro atoms. The third-order valence-electron chi connectivity index (χ3n) is 1.53. The largest absolute Gasteiger partial charge is 0.458 e. The van der Waals surface area contributed by atoms with Gasteiger partial charge in [0.15, 0.2) is 11.5 Å². The lowest BCUT2D eigenvalue weighted by atomic mass is 10.3. The van der Waals surface area contributed by atoms with E-state index in [1.54, 1.807) is 0 Å². The summed E-state index contributed by atoms with van der Waals surface area (Å²) in [6, 6.07) is 1.43. The van der Waals surface area contributed by atoms with E-state index in [0.717, 1.165) is 0 Å². The molecule has 0 radical (unpaired) electrons. The van der Waals surface area contributed by atoms with Crippen molar-refractivity contribution < 1.29 is 14.3 Å². The number of aromatic nitrogens is 1. The summed E-state index contributed by atoms with van der Waals surface area (Å²) in [6.45, 7) is 0. The Balaban J connectivity index is 2.44. The molecule has 0 atom stereocenters. The monoisotopic (exact) mass is 178 g/mol. The van der Waals surface area contributed by atoms with Crippen molar-refractivity contribution in [3.63, 3.8) is 0 Å². The van der Waals surface area contributed by atoms with Gasteiger partial charge in [-0.3, -0.25) is 4.79 Å². The average molecular weight is 178 g/mol. The van der Waals surface area contributed by atoms with Gasteiger partial charge in [-0.1, -0.05) is 0 Å². The highest BCUT2D eigenvalue weighted by Crippen LogP contribution is 2.29. The van der Waals surface area contributed by atoms with Gasteiger partial charge < -0.3 is 15.2 Å². The highest BCUT2D eigenvalue weighted by molar-refractivity contribution is 5.91. The van der Waals surface area contributed by atoms with Gasteiger partial charge in [0.25, 0.3) is 5.91 Å². The molecule has 0 aliphatic carbocycles. The van der Waals surface area contributed by atoms with Gasteiger partial charge in [-0.2, -0.15) is 0 Å². The predicted octanol–water partition coefficient (Wildman–Crippen LogP) is 0.423. The lowest BCUT2D eigenvalue weighted by Crippen LogP contribution is -2.13. The van der Waals surface area contributed by atoms with Crippen LogP contribution in [-0.2, 0) is 0 Å². The molecule has 1 aliphatic heterocycles. The Hall–Kier alpha value is -2.04. The number of rotatable bonds is 1. The molecule has 66 valence electrons. The van der Waals surface area contributed by atoms with Crippen LogP contribution >= 0.6 is 0 Å². The normalized spacial score (nSPS) is 12.6. The second-order valence-electron chi connectivity index (χ2n) is 2.39. The predicted molar refractivity (Wildman–Crippen MR) is 43.2 cm³/mol. The fraction of sp³-hybridized carbons (Fsp3) is 0. The number of hydrogen-bond acceptors (Lipinski definition) is 4. The number of nitrogens with zero attached hydrogens (tertiary/aromatic N) is 1. The van der Waals surface area contributed by atoms with Gasteiger partial charge in [-0.25, -0.2) is 4.98 Å². The molecule has 0 unspecified atom stereocenters. The molecule has 1 amide bonds. The Labute approximate surface area is 73.8 Å². The maximum Gasteiger partial charge on any atom is 0.267 e. The van der Waals surface area contributed by atoms with Crippen LogP contribution in [0.5, 0.6) is 11.5 Å². The van der Waals surface area contributed by atoms with Crippen LogP contribution in [0.25, 0.3) is 0 Å². The zero-order chi connectivity index (χ0) is 9.26. The molecule has 5 heteroatoms. The van der Waals surface area contributed by atoms with Crippen molar-refractivity contribution >= 4 is 5.91 Å². The molecule has 13 heavy (non-hydrogen) atoms. The number of ether oxygens (including phenoxy) is 2. The summed E-state index contributed by atoms with van der Waals surface area (Å²) in [5, 5.41) is 0. The lowest BCUT2D eigenvalue weighted by molar-refractivity contribution is 0.0995. The minimum absolute atomic E-state index is 0.151. The molecule has 5 nitrogen and oxygen atoms in total. The summed E-state index contributed by atoms with van der Waals surface area (Å²) in [4.78, 5) is 14.5. The first-order valence-corrected chi connectivity index (χ1v) is 3.55. The van der Waals surface area contributed by atoms with Gasteiger partial charge in [0.2, 0.25) is 0 Å². The fourth-order valence-electron chi connectivity index (χ4n) is 0.942. The summed E-state index contributed by atoms with van der Waals surface area (Å²) in [6.07, 6.45) is 4.14. The van der Waals surface area contributed by atoms with Crippen LogP contribution in [0.15, 0.2) is 24.8 Å². The zero-order valence-corrected chi connectivity index (χ0v) is 6.56. The SMILES string of the molecule is NC(=O)c1cc2c(cn1)OC=CO2. The zero-order valence-electron chi connectivity index (χ0n) is 6.56. The summed E-state index contributed by atoms with van der Waals surface area (Å²) in [7, 11) is 0. The maximum absolute atomic E-state index is 10.7. The summed E-state index contributed by atoms with van der Waals surface area (Å²) in [5.74, 6) is 0.305. The van der Waals surface area contributed by atoms with E-state index in [9.17, 15) is 4.79 Å². The van der Waals surface area contributed by atoms with Crippen LogP contribution in [0.2, 0.25) is 0 Å². The first-order valence-electron chi connectivity index (χ1n) is 3.55. The molecule has 2 N–H and O–H groups in total. The average Bonchev–Trinajstić information content (AvgIpc) is 2.17. The quantitative estimate of drug-likeness (QED) is 0.676.